The summed E-state index contributed by atoms with van der Waals surface area (Å²) < 4.78 is 5.17. The number of alkyl halides is 1. The molecule has 0 aliphatic carbocycles. The third kappa shape index (κ3) is 4.11. The van der Waals surface area contributed by atoms with Crippen LogP contribution in [0.25, 0.3) is 0 Å². The number of carboxylic acid groups (broad SMARTS) is 1. The summed E-state index contributed by atoms with van der Waals surface area (Å²) in [6.07, 6.45) is 4.00. The molecule has 1 saturated heterocycles. The van der Waals surface area contributed by atoms with Crippen LogP contribution >= 0.6 is 35.8 Å². The second kappa shape index (κ2) is 9.01. The van der Waals surface area contributed by atoms with Crippen molar-refractivity contribution in [2.75, 3.05) is 13.0 Å². The molecular formula is C18H20Cl2N2O4S. The number of carbonyl (C=O) groups excluding carboxylic acids is 1. The number of amides is 1. The average molecular weight is 431 g/mol. The maximum Gasteiger partial charge on any atom is 0.352 e. The fourth-order valence-corrected chi connectivity index (χ4v) is 4.79. The maximum atomic E-state index is 12.1. The second-order valence-corrected chi connectivity index (χ2v) is 7.60. The zero-order chi connectivity index (χ0) is 18.8. The number of β-lactam (4-membered cyclic amide) rings is 1. The first-order valence-electron chi connectivity index (χ1n) is 8.05. The Hall–Kier alpha value is -1.67. The number of carboxylic acids is 1. The SMILES string of the molecule is COc1ccc(CC2SC3C(N)C(=O)N3C(C(=O)O)=C2C=CCCl)cc1.Cl. The van der Waals surface area contributed by atoms with Crippen LogP contribution in [-0.4, -0.2) is 51.5 Å². The Morgan fingerprint density at radius 2 is 2.07 bits per heavy atom. The van der Waals surface area contributed by atoms with E-state index in [2.05, 4.69) is 0 Å². The smallest absolute Gasteiger partial charge is 0.352 e. The highest BCUT2D eigenvalue weighted by molar-refractivity contribution is 8.00. The number of carbonyl (C=O) groups is 2. The van der Waals surface area contributed by atoms with Gasteiger partial charge in [0.15, 0.2) is 0 Å². The molecule has 0 radical (unpaired) electrons. The van der Waals surface area contributed by atoms with Crippen LogP contribution in [0.2, 0.25) is 0 Å². The normalized spacial score (nSPS) is 24.3. The van der Waals surface area contributed by atoms with Crippen LogP contribution in [0.3, 0.4) is 0 Å². The van der Waals surface area contributed by atoms with Crippen LogP contribution in [0.15, 0.2) is 47.7 Å². The van der Waals surface area contributed by atoms with E-state index in [4.69, 9.17) is 22.1 Å². The molecule has 3 rings (SSSR count). The number of fused-ring (bicyclic) bond motifs is 1. The first-order valence-corrected chi connectivity index (χ1v) is 9.52. The number of nitrogens with two attached hydrogens (primary N) is 1. The lowest BCUT2D eigenvalue weighted by Crippen LogP contribution is -2.69. The second-order valence-electron chi connectivity index (χ2n) is 5.97. The lowest BCUT2D eigenvalue weighted by molar-refractivity contribution is -0.148. The minimum Gasteiger partial charge on any atom is -0.497 e. The van der Waals surface area contributed by atoms with Gasteiger partial charge in [0, 0.05) is 11.1 Å². The van der Waals surface area contributed by atoms with E-state index in [0.29, 0.717) is 12.0 Å². The molecule has 0 aromatic heterocycles. The molecule has 3 N–H and O–H groups in total. The summed E-state index contributed by atoms with van der Waals surface area (Å²) in [5.74, 6) is -0.483. The fourth-order valence-electron chi connectivity index (χ4n) is 3.12. The lowest BCUT2D eigenvalue weighted by atomic mass is 9.97. The largest absolute Gasteiger partial charge is 0.497 e. The third-order valence-electron chi connectivity index (χ3n) is 4.42. The molecule has 27 heavy (non-hydrogen) atoms. The Morgan fingerprint density at radius 3 is 2.63 bits per heavy atom. The number of benzene rings is 1. The van der Waals surface area contributed by atoms with E-state index in [-0.39, 0.29) is 40.5 Å². The predicted molar refractivity (Wildman–Crippen MR) is 108 cm³/mol. The summed E-state index contributed by atoms with van der Waals surface area (Å²) in [6, 6.07) is 6.95. The van der Waals surface area contributed by atoms with Gasteiger partial charge in [-0.3, -0.25) is 9.69 Å². The molecule has 2 heterocycles. The Kier molecular flexibility index (Phi) is 7.22. The molecule has 0 bridgehead atoms. The van der Waals surface area contributed by atoms with Crippen molar-refractivity contribution in [3.8, 4) is 5.75 Å². The molecule has 2 aliphatic heterocycles. The van der Waals surface area contributed by atoms with E-state index < -0.39 is 12.0 Å². The van der Waals surface area contributed by atoms with Gasteiger partial charge in [0.25, 0.3) is 0 Å². The van der Waals surface area contributed by atoms with E-state index in [1.807, 2.05) is 24.3 Å². The van der Waals surface area contributed by atoms with E-state index in [1.165, 1.54) is 16.7 Å². The Balaban J connectivity index is 0.00000261. The van der Waals surface area contributed by atoms with Crippen molar-refractivity contribution in [2.45, 2.75) is 23.1 Å². The van der Waals surface area contributed by atoms with E-state index >= 15 is 0 Å². The van der Waals surface area contributed by atoms with Gasteiger partial charge in [-0.15, -0.1) is 35.8 Å². The number of allylic oxidation sites excluding steroid dienone is 2. The highest BCUT2D eigenvalue weighted by atomic mass is 35.5. The zero-order valence-corrected chi connectivity index (χ0v) is 16.9. The van der Waals surface area contributed by atoms with Gasteiger partial charge in [0.1, 0.15) is 22.9 Å². The molecule has 146 valence electrons. The van der Waals surface area contributed by atoms with Gasteiger partial charge in [-0.2, -0.15) is 0 Å². The summed E-state index contributed by atoms with van der Waals surface area (Å²) in [7, 11) is 1.60. The molecule has 2 aliphatic rings. The van der Waals surface area contributed by atoms with Gasteiger partial charge in [-0.1, -0.05) is 24.3 Å². The highest BCUT2D eigenvalue weighted by Crippen LogP contribution is 2.45. The standard InChI is InChI=1S/C18H19ClN2O4S.ClH/c1-25-11-6-4-10(5-7-11)9-13-12(3-2-8-19)15(18(23)24)21-16(22)14(20)17(21)26-13;/h2-7,13-14,17H,8-9,20H2,1H3,(H,23,24);1H. The number of thioether (sulfide) groups is 1. The minimum atomic E-state index is -1.13. The molecule has 0 saturated carbocycles. The molecular weight excluding hydrogens is 411 g/mol. The first kappa shape index (κ1) is 21.6. The number of nitrogens with zero attached hydrogens (tertiary/aromatic N) is 1. The zero-order valence-electron chi connectivity index (χ0n) is 14.5. The lowest BCUT2D eigenvalue weighted by Gasteiger charge is -2.50. The summed E-state index contributed by atoms with van der Waals surface area (Å²) in [4.78, 5) is 25.2. The van der Waals surface area contributed by atoms with Crippen molar-refractivity contribution >= 4 is 47.6 Å². The van der Waals surface area contributed by atoms with Crippen molar-refractivity contribution in [2.24, 2.45) is 5.73 Å². The number of halogens is 2. The monoisotopic (exact) mass is 430 g/mol. The summed E-state index contributed by atoms with van der Waals surface area (Å²) in [6.45, 7) is 0. The van der Waals surface area contributed by atoms with Crippen LogP contribution in [0.5, 0.6) is 5.75 Å². The quantitative estimate of drug-likeness (QED) is 0.531. The summed E-state index contributed by atoms with van der Waals surface area (Å²) in [5.41, 5.74) is 7.51. The van der Waals surface area contributed by atoms with Crippen molar-refractivity contribution < 1.29 is 19.4 Å². The van der Waals surface area contributed by atoms with Crippen molar-refractivity contribution in [1.82, 2.24) is 4.90 Å². The number of methoxy groups -OCH3 is 1. The van der Waals surface area contributed by atoms with Gasteiger partial charge in [0.05, 0.1) is 7.11 Å². The Bertz CT molecular complexity index is 782. The van der Waals surface area contributed by atoms with Crippen LogP contribution in [0.1, 0.15) is 5.56 Å². The topological polar surface area (TPSA) is 92.9 Å². The number of hydrogen-bond acceptors (Lipinski definition) is 5. The molecule has 6 nitrogen and oxygen atoms in total. The van der Waals surface area contributed by atoms with Crippen LogP contribution < -0.4 is 10.5 Å². The van der Waals surface area contributed by atoms with Gasteiger partial charge in [-0.25, -0.2) is 4.79 Å². The van der Waals surface area contributed by atoms with Crippen molar-refractivity contribution in [3.05, 3.63) is 53.3 Å². The van der Waals surface area contributed by atoms with Crippen LogP contribution in [0, 0.1) is 0 Å². The van der Waals surface area contributed by atoms with Crippen molar-refractivity contribution in [1.29, 1.82) is 0 Å². The van der Waals surface area contributed by atoms with Gasteiger partial charge in [0.2, 0.25) is 5.91 Å². The summed E-state index contributed by atoms with van der Waals surface area (Å²) >= 11 is 7.25. The van der Waals surface area contributed by atoms with Crippen LogP contribution in [0.4, 0.5) is 0 Å². The van der Waals surface area contributed by atoms with E-state index in [9.17, 15) is 14.7 Å². The molecule has 1 aromatic rings. The number of ether oxygens (including phenoxy) is 1. The number of aliphatic carboxylic acids is 1. The van der Waals surface area contributed by atoms with E-state index in [1.54, 1.807) is 19.3 Å². The summed E-state index contributed by atoms with van der Waals surface area (Å²) in [5, 5.41) is 9.20. The fraction of sp³-hybridized carbons (Fsp3) is 0.333. The number of hydrogen-bond donors (Lipinski definition) is 2. The predicted octanol–water partition coefficient (Wildman–Crippen LogP) is 2.40. The minimum absolute atomic E-state index is 0. The number of rotatable bonds is 6. The molecule has 1 amide bonds. The van der Waals surface area contributed by atoms with Gasteiger partial charge in [-0.05, 0) is 29.7 Å². The van der Waals surface area contributed by atoms with Gasteiger partial charge < -0.3 is 15.6 Å². The maximum absolute atomic E-state index is 12.1. The van der Waals surface area contributed by atoms with Gasteiger partial charge >= 0.3 is 5.97 Å². The Labute approximate surface area is 172 Å². The van der Waals surface area contributed by atoms with Crippen LogP contribution in [-0.2, 0) is 16.0 Å². The molecule has 3 atom stereocenters. The first-order chi connectivity index (χ1) is 12.5. The third-order valence-corrected chi connectivity index (χ3v) is 6.13. The molecule has 0 spiro atoms. The Morgan fingerprint density at radius 1 is 1.41 bits per heavy atom. The molecule has 1 fully saturated rings. The molecule has 3 unspecified atom stereocenters. The highest BCUT2D eigenvalue weighted by Gasteiger charge is 2.53. The molecule has 1 aromatic carbocycles. The average Bonchev–Trinajstić information content (AvgIpc) is 2.65. The van der Waals surface area contributed by atoms with E-state index in [0.717, 1.165) is 11.3 Å². The molecule has 9 heteroatoms. The van der Waals surface area contributed by atoms with Crippen molar-refractivity contribution in [3.63, 3.8) is 0 Å².